The fourth-order valence-electron chi connectivity index (χ4n) is 3.61. The van der Waals surface area contributed by atoms with E-state index in [-0.39, 0.29) is 5.91 Å². The molecule has 2 saturated heterocycles. The van der Waals surface area contributed by atoms with Crippen LogP contribution in [0, 0.1) is 0 Å². The highest BCUT2D eigenvalue weighted by atomic mass is 16.2. The Labute approximate surface area is 165 Å². The fourth-order valence-corrected chi connectivity index (χ4v) is 3.61. The molecule has 0 unspecified atom stereocenters. The minimum absolute atomic E-state index is 0.00396. The lowest BCUT2D eigenvalue weighted by Gasteiger charge is -2.35. The van der Waals surface area contributed by atoms with E-state index in [1.807, 2.05) is 11.0 Å². The zero-order valence-electron chi connectivity index (χ0n) is 16.2. The van der Waals surface area contributed by atoms with Crippen molar-refractivity contribution < 1.29 is 4.79 Å². The number of carbonyl (C=O) groups excluding carboxylic acids is 1. The summed E-state index contributed by atoms with van der Waals surface area (Å²) in [7, 11) is 0. The Hall–Kier alpha value is -2.81. The van der Waals surface area contributed by atoms with Crippen LogP contribution in [0.5, 0.6) is 0 Å². The number of amides is 1. The molecule has 2 aliphatic heterocycles. The summed E-state index contributed by atoms with van der Waals surface area (Å²) in [6, 6.07) is 3.53. The average molecular weight is 382 g/mol. The lowest BCUT2D eigenvalue weighted by molar-refractivity contribution is 0.0637. The maximum absolute atomic E-state index is 12.8. The van der Waals surface area contributed by atoms with E-state index in [2.05, 4.69) is 41.6 Å². The van der Waals surface area contributed by atoms with Gasteiger partial charge in [-0.2, -0.15) is 0 Å². The summed E-state index contributed by atoms with van der Waals surface area (Å²) in [6.07, 6.45) is 5.20. The third-order valence-electron chi connectivity index (χ3n) is 5.37. The van der Waals surface area contributed by atoms with E-state index in [9.17, 15) is 4.79 Å². The molecule has 9 heteroatoms. The smallest absolute Gasteiger partial charge is 0.272 e. The second kappa shape index (κ2) is 8.47. The minimum atomic E-state index is -0.00396. The summed E-state index contributed by atoms with van der Waals surface area (Å²) in [5.74, 6) is 1.36. The Bertz CT molecular complexity index is 786. The van der Waals surface area contributed by atoms with Gasteiger partial charge < -0.3 is 19.6 Å². The van der Waals surface area contributed by atoms with Crippen molar-refractivity contribution in [1.82, 2.24) is 29.7 Å². The van der Waals surface area contributed by atoms with E-state index >= 15 is 0 Å². The summed E-state index contributed by atoms with van der Waals surface area (Å²) < 4.78 is 0. The second-order valence-corrected chi connectivity index (χ2v) is 6.99. The highest BCUT2D eigenvalue weighted by Crippen LogP contribution is 2.15. The number of hydrogen-bond donors (Lipinski definition) is 0. The largest absolute Gasteiger partial charge is 0.337 e. The number of likely N-dealkylation sites (N-methyl/N-ethyl adjacent to an activating group) is 1. The minimum Gasteiger partial charge on any atom is -0.337 e. The third-order valence-corrected chi connectivity index (χ3v) is 5.37. The van der Waals surface area contributed by atoms with E-state index in [4.69, 9.17) is 0 Å². The average Bonchev–Trinajstić information content (AvgIpc) is 2.79. The van der Waals surface area contributed by atoms with E-state index in [0.717, 1.165) is 64.9 Å². The van der Waals surface area contributed by atoms with E-state index < -0.39 is 0 Å². The Morgan fingerprint density at radius 1 is 0.857 bits per heavy atom. The van der Waals surface area contributed by atoms with Crippen LogP contribution in [0.4, 0.5) is 11.9 Å². The monoisotopic (exact) mass is 382 g/mol. The second-order valence-electron chi connectivity index (χ2n) is 6.99. The van der Waals surface area contributed by atoms with Crippen LogP contribution in [0.15, 0.2) is 30.7 Å². The summed E-state index contributed by atoms with van der Waals surface area (Å²) in [5.41, 5.74) is 0.476. The van der Waals surface area contributed by atoms with Crippen LogP contribution in [0.25, 0.3) is 0 Å². The van der Waals surface area contributed by atoms with Crippen LogP contribution >= 0.6 is 0 Å². The van der Waals surface area contributed by atoms with Crippen LogP contribution in [-0.2, 0) is 0 Å². The first-order chi connectivity index (χ1) is 13.7. The highest BCUT2D eigenvalue weighted by molar-refractivity contribution is 5.92. The predicted molar refractivity (Wildman–Crippen MR) is 107 cm³/mol. The number of nitrogens with zero attached hydrogens (tertiary/aromatic N) is 8. The SMILES string of the molecule is CCN1CCN(C(=O)c2ccnc(N3CCN(c4ncccn4)CC3)n2)CC1. The molecule has 0 radical (unpaired) electrons. The van der Waals surface area contributed by atoms with Gasteiger partial charge >= 0.3 is 0 Å². The molecule has 1 amide bonds. The summed E-state index contributed by atoms with van der Waals surface area (Å²) >= 11 is 0. The Morgan fingerprint density at radius 3 is 2.11 bits per heavy atom. The predicted octanol–water partition coefficient (Wildman–Crippen LogP) is 0.371. The molecular weight excluding hydrogens is 356 g/mol. The molecular formula is C19H26N8O. The summed E-state index contributed by atoms with van der Waals surface area (Å²) in [6.45, 7) is 9.65. The molecule has 9 nitrogen and oxygen atoms in total. The van der Waals surface area contributed by atoms with Crippen LogP contribution in [0.2, 0.25) is 0 Å². The van der Waals surface area contributed by atoms with Crippen molar-refractivity contribution in [2.24, 2.45) is 0 Å². The molecule has 0 bridgehead atoms. The van der Waals surface area contributed by atoms with Crippen LogP contribution in [0.1, 0.15) is 17.4 Å². The molecule has 4 heterocycles. The molecule has 2 aromatic heterocycles. The molecule has 0 N–H and O–H groups in total. The van der Waals surface area contributed by atoms with Crippen LogP contribution in [-0.4, -0.2) is 94.5 Å². The molecule has 0 atom stereocenters. The van der Waals surface area contributed by atoms with Crippen molar-refractivity contribution in [1.29, 1.82) is 0 Å². The standard InChI is InChI=1S/C19H26N8O/c1-2-24-8-10-25(11-9-24)17(28)16-4-7-22-19(23-16)27-14-12-26(13-15-27)18-20-5-3-6-21-18/h3-7H,2,8-15H2,1H3. The normalized spacial score (nSPS) is 18.4. The molecule has 148 valence electrons. The van der Waals surface area contributed by atoms with Gasteiger partial charge in [-0.25, -0.2) is 19.9 Å². The Morgan fingerprint density at radius 2 is 1.46 bits per heavy atom. The van der Waals surface area contributed by atoms with Crippen molar-refractivity contribution in [3.05, 3.63) is 36.4 Å². The van der Waals surface area contributed by atoms with E-state index in [1.54, 1.807) is 24.7 Å². The highest BCUT2D eigenvalue weighted by Gasteiger charge is 2.24. The molecule has 0 saturated carbocycles. The molecule has 2 aliphatic rings. The number of anilines is 2. The lowest BCUT2D eigenvalue weighted by Crippen LogP contribution is -2.49. The summed E-state index contributed by atoms with van der Waals surface area (Å²) in [5, 5.41) is 0. The molecule has 2 aromatic rings. The van der Waals surface area contributed by atoms with Crippen molar-refractivity contribution in [3.8, 4) is 0 Å². The third kappa shape index (κ3) is 4.04. The number of aromatic nitrogens is 4. The van der Waals surface area contributed by atoms with Gasteiger partial charge in [0.05, 0.1) is 0 Å². The lowest BCUT2D eigenvalue weighted by atomic mass is 10.2. The van der Waals surface area contributed by atoms with Crippen LogP contribution in [0.3, 0.4) is 0 Å². The number of hydrogen-bond acceptors (Lipinski definition) is 8. The topological polar surface area (TPSA) is 81.6 Å². The van der Waals surface area contributed by atoms with Gasteiger partial charge in [-0.3, -0.25) is 4.79 Å². The Kier molecular flexibility index (Phi) is 5.61. The maximum Gasteiger partial charge on any atom is 0.272 e. The number of carbonyl (C=O) groups is 1. The Balaban J connectivity index is 1.38. The van der Waals surface area contributed by atoms with Crippen molar-refractivity contribution in [2.45, 2.75) is 6.92 Å². The number of piperazine rings is 2. The quantitative estimate of drug-likeness (QED) is 0.750. The van der Waals surface area contributed by atoms with Gasteiger partial charge in [0.1, 0.15) is 5.69 Å². The molecule has 28 heavy (non-hydrogen) atoms. The van der Waals surface area contributed by atoms with Gasteiger partial charge in [0, 0.05) is 70.9 Å². The fraction of sp³-hybridized carbons (Fsp3) is 0.526. The zero-order chi connectivity index (χ0) is 19.3. The molecule has 0 spiro atoms. The van der Waals surface area contributed by atoms with Gasteiger partial charge in [0.25, 0.3) is 5.91 Å². The van der Waals surface area contributed by atoms with Gasteiger partial charge in [0.2, 0.25) is 11.9 Å². The molecule has 2 fully saturated rings. The first-order valence-corrected chi connectivity index (χ1v) is 9.86. The summed E-state index contributed by atoms with van der Waals surface area (Å²) in [4.78, 5) is 38.9. The van der Waals surface area contributed by atoms with E-state index in [1.165, 1.54) is 0 Å². The first kappa shape index (κ1) is 18.5. The number of rotatable bonds is 4. The van der Waals surface area contributed by atoms with Crippen molar-refractivity contribution in [2.75, 3.05) is 68.7 Å². The molecule has 0 aromatic carbocycles. The van der Waals surface area contributed by atoms with Crippen molar-refractivity contribution in [3.63, 3.8) is 0 Å². The zero-order valence-corrected chi connectivity index (χ0v) is 16.2. The first-order valence-electron chi connectivity index (χ1n) is 9.86. The van der Waals surface area contributed by atoms with E-state index in [0.29, 0.717) is 11.6 Å². The molecule has 4 rings (SSSR count). The maximum atomic E-state index is 12.8. The van der Waals surface area contributed by atoms with Crippen molar-refractivity contribution >= 4 is 17.8 Å². The van der Waals surface area contributed by atoms with Crippen LogP contribution < -0.4 is 9.80 Å². The molecule has 0 aliphatic carbocycles. The van der Waals surface area contributed by atoms with Gasteiger partial charge in [-0.05, 0) is 18.7 Å². The van der Waals surface area contributed by atoms with Gasteiger partial charge in [-0.1, -0.05) is 6.92 Å². The van der Waals surface area contributed by atoms with Gasteiger partial charge in [0.15, 0.2) is 0 Å². The van der Waals surface area contributed by atoms with Gasteiger partial charge in [-0.15, -0.1) is 0 Å².